The third-order valence-electron chi connectivity index (χ3n) is 3.25. The van der Waals surface area contributed by atoms with Gasteiger partial charge in [-0.15, -0.1) is 0 Å². The van der Waals surface area contributed by atoms with Crippen molar-refractivity contribution in [2.24, 2.45) is 0 Å². The summed E-state index contributed by atoms with van der Waals surface area (Å²) in [5, 5.41) is 20.3. The van der Waals surface area contributed by atoms with Gasteiger partial charge in [0.1, 0.15) is 0 Å². The number of carboxylic acid groups (broad SMARTS) is 1. The molecule has 0 atom stereocenters. The highest BCUT2D eigenvalue weighted by Gasteiger charge is 2.07. The van der Waals surface area contributed by atoms with Crippen molar-refractivity contribution in [3.8, 4) is 0 Å². The molecule has 0 aliphatic rings. The third-order valence-corrected chi connectivity index (χ3v) is 3.25. The topological polar surface area (TPSA) is 89.9 Å². The third kappa shape index (κ3) is 13.6. The number of rotatable bonds is 14. The summed E-state index contributed by atoms with van der Waals surface area (Å²) in [7, 11) is 0. The fourth-order valence-corrected chi connectivity index (χ4v) is 1.98. The molecule has 6 nitrogen and oxygen atoms in total. The van der Waals surface area contributed by atoms with Crippen LogP contribution in [0.4, 0.5) is 0 Å². The maximum atomic E-state index is 11.6. The Balaban J connectivity index is 3.88. The summed E-state index contributed by atoms with van der Waals surface area (Å²) in [6, 6.07) is 0. The van der Waals surface area contributed by atoms with Crippen LogP contribution in [-0.2, 0) is 9.59 Å². The summed E-state index contributed by atoms with van der Waals surface area (Å²) in [5.74, 6) is -0.954. The van der Waals surface area contributed by atoms with E-state index in [1.165, 1.54) is 12.8 Å². The maximum Gasteiger partial charge on any atom is 0.304 e. The van der Waals surface area contributed by atoms with E-state index in [-0.39, 0.29) is 18.9 Å². The van der Waals surface area contributed by atoms with Crippen molar-refractivity contribution in [3.05, 3.63) is 12.2 Å². The second-order valence-corrected chi connectivity index (χ2v) is 5.25. The molecule has 0 aliphatic carbocycles. The second-order valence-electron chi connectivity index (χ2n) is 5.25. The van der Waals surface area contributed by atoms with Gasteiger partial charge in [-0.05, 0) is 25.3 Å². The van der Waals surface area contributed by atoms with Crippen molar-refractivity contribution in [1.29, 1.82) is 0 Å². The van der Waals surface area contributed by atoms with Crippen molar-refractivity contribution < 1.29 is 19.8 Å². The minimum atomic E-state index is -0.840. The van der Waals surface area contributed by atoms with E-state index in [4.69, 9.17) is 10.2 Å². The lowest BCUT2D eigenvalue weighted by Gasteiger charge is -2.21. The van der Waals surface area contributed by atoms with Gasteiger partial charge in [0.05, 0.1) is 6.42 Å². The molecule has 0 aliphatic heterocycles. The van der Waals surface area contributed by atoms with Gasteiger partial charge in [-0.3, -0.25) is 9.59 Å². The molecule has 0 radical (unpaired) electrons. The molecule has 0 unspecified atom stereocenters. The summed E-state index contributed by atoms with van der Waals surface area (Å²) in [5.41, 5.74) is 0. The average Bonchev–Trinajstić information content (AvgIpc) is 2.49. The highest BCUT2D eigenvalue weighted by molar-refractivity contribution is 5.87. The van der Waals surface area contributed by atoms with Crippen LogP contribution in [0.5, 0.6) is 0 Å². The number of carbonyl (C=O) groups excluding carboxylic acids is 1. The van der Waals surface area contributed by atoms with Crippen molar-refractivity contribution in [2.45, 2.75) is 45.4 Å². The predicted octanol–water partition coefficient (Wildman–Crippen LogP) is 1.40. The standard InChI is InChI=1S/C16H30N2O4/c1-2-3-4-5-6-8-15(20)17-10-13-18(11-7-14-19)12-9-16(21)22/h6,8,19H,2-5,7,9-14H2,1H3,(H,17,20)(H,21,22)/b8-6+. The predicted molar refractivity (Wildman–Crippen MR) is 86.7 cm³/mol. The van der Waals surface area contributed by atoms with Crippen molar-refractivity contribution in [3.63, 3.8) is 0 Å². The fraction of sp³-hybridized carbons (Fsp3) is 0.750. The Morgan fingerprint density at radius 2 is 1.91 bits per heavy atom. The molecule has 0 heterocycles. The molecule has 1 amide bonds. The first-order chi connectivity index (χ1) is 10.6. The van der Waals surface area contributed by atoms with E-state index in [1.54, 1.807) is 6.08 Å². The molecule has 22 heavy (non-hydrogen) atoms. The molecule has 3 N–H and O–H groups in total. The molecule has 0 aromatic rings. The van der Waals surface area contributed by atoms with Gasteiger partial charge in [0.2, 0.25) is 5.91 Å². The van der Waals surface area contributed by atoms with Gasteiger partial charge in [-0.2, -0.15) is 0 Å². The lowest BCUT2D eigenvalue weighted by Crippen LogP contribution is -2.36. The molecule has 0 saturated heterocycles. The minimum absolute atomic E-state index is 0.0662. The number of aliphatic hydroxyl groups excluding tert-OH is 1. The number of aliphatic carboxylic acids is 1. The van der Waals surface area contributed by atoms with Crippen LogP contribution in [0.1, 0.15) is 45.4 Å². The minimum Gasteiger partial charge on any atom is -0.481 e. The van der Waals surface area contributed by atoms with E-state index in [0.29, 0.717) is 32.6 Å². The normalized spacial score (nSPS) is 11.2. The molecule has 128 valence electrons. The van der Waals surface area contributed by atoms with E-state index >= 15 is 0 Å². The van der Waals surface area contributed by atoms with Crippen LogP contribution in [0, 0.1) is 0 Å². The number of nitrogens with zero attached hydrogens (tertiary/aromatic N) is 1. The highest BCUT2D eigenvalue weighted by Crippen LogP contribution is 1.99. The molecule has 0 saturated carbocycles. The Bertz CT molecular complexity index is 332. The fourth-order valence-electron chi connectivity index (χ4n) is 1.98. The van der Waals surface area contributed by atoms with Crippen molar-refractivity contribution in [2.75, 3.05) is 32.8 Å². The SMILES string of the molecule is CCCCC/C=C/C(=O)NCCN(CCCO)CCC(=O)O. The van der Waals surface area contributed by atoms with Gasteiger partial charge in [-0.25, -0.2) is 0 Å². The van der Waals surface area contributed by atoms with Crippen molar-refractivity contribution >= 4 is 11.9 Å². The van der Waals surface area contributed by atoms with Gasteiger partial charge in [0, 0.05) is 32.8 Å². The van der Waals surface area contributed by atoms with Gasteiger partial charge >= 0.3 is 5.97 Å². The van der Waals surface area contributed by atoms with Crippen LogP contribution < -0.4 is 5.32 Å². The lowest BCUT2D eigenvalue weighted by molar-refractivity contribution is -0.137. The van der Waals surface area contributed by atoms with E-state index in [1.807, 2.05) is 11.0 Å². The largest absolute Gasteiger partial charge is 0.481 e. The molecule has 0 aromatic carbocycles. The van der Waals surface area contributed by atoms with E-state index < -0.39 is 5.97 Å². The summed E-state index contributed by atoms with van der Waals surface area (Å²) in [6.45, 7) is 4.34. The van der Waals surface area contributed by atoms with Gasteiger partial charge in [-0.1, -0.05) is 25.8 Å². The second kappa shape index (κ2) is 14.5. The summed E-state index contributed by atoms with van der Waals surface area (Å²) in [4.78, 5) is 24.1. The van der Waals surface area contributed by atoms with Crippen LogP contribution in [-0.4, -0.2) is 59.8 Å². The quantitative estimate of drug-likeness (QED) is 0.333. The van der Waals surface area contributed by atoms with E-state index in [9.17, 15) is 9.59 Å². The number of aliphatic hydroxyl groups is 1. The number of hydrogen-bond acceptors (Lipinski definition) is 4. The first kappa shape index (κ1) is 20.6. The van der Waals surface area contributed by atoms with Crippen LogP contribution in [0.15, 0.2) is 12.2 Å². The number of nitrogens with one attached hydrogen (secondary N) is 1. The maximum absolute atomic E-state index is 11.6. The van der Waals surface area contributed by atoms with Crippen molar-refractivity contribution in [1.82, 2.24) is 10.2 Å². The molecule has 0 rings (SSSR count). The zero-order chi connectivity index (χ0) is 16.6. The molecule has 6 heteroatoms. The molecule has 0 aromatic heterocycles. The molecular weight excluding hydrogens is 284 g/mol. The zero-order valence-corrected chi connectivity index (χ0v) is 13.6. The number of amides is 1. The van der Waals surface area contributed by atoms with Gasteiger partial charge in [0.15, 0.2) is 0 Å². The monoisotopic (exact) mass is 314 g/mol. The van der Waals surface area contributed by atoms with Gasteiger partial charge < -0.3 is 20.4 Å². The average molecular weight is 314 g/mol. The number of carbonyl (C=O) groups is 2. The van der Waals surface area contributed by atoms with Gasteiger partial charge in [0.25, 0.3) is 0 Å². The molecule has 0 fully saturated rings. The number of hydrogen-bond donors (Lipinski definition) is 3. The first-order valence-electron chi connectivity index (χ1n) is 8.09. The van der Waals surface area contributed by atoms with Crippen LogP contribution in [0.25, 0.3) is 0 Å². The summed E-state index contributed by atoms with van der Waals surface area (Å²) >= 11 is 0. The lowest BCUT2D eigenvalue weighted by atomic mass is 10.2. The number of unbranched alkanes of at least 4 members (excludes halogenated alkanes) is 3. The Morgan fingerprint density at radius 3 is 2.55 bits per heavy atom. The Labute approximate surface area is 133 Å². The Morgan fingerprint density at radius 1 is 1.14 bits per heavy atom. The molecular formula is C16H30N2O4. The number of carboxylic acids is 1. The molecule has 0 spiro atoms. The number of allylic oxidation sites excluding steroid dienone is 1. The molecule has 0 bridgehead atoms. The van der Waals surface area contributed by atoms with Crippen LogP contribution >= 0.6 is 0 Å². The zero-order valence-electron chi connectivity index (χ0n) is 13.6. The Hall–Kier alpha value is -1.40. The first-order valence-corrected chi connectivity index (χ1v) is 8.09. The summed E-state index contributed by atoms with van der Waals surface area (Å²) < 4.78 is 0. The summed E-state index contributed by atoms with van der Waals surface area (Å²) in [6.07, 6.45) is 8.48. The van der Waals surface area contributed by atoms with Crippen LogP contribution in [0.2, 0.25) is 0 Å². The Kier molecular flexibility index (Phi) is 13.6. The van der Waals surface area contributed by atoms with E-state index in [0.717, 1.165) is 12.8 Å². The van der Waals surface area contributed by atoms with E-state index in [2.05, 4.69) is 12.2 Å². The smallest absolute Gasteiger partial charge is 0.304 e. The van der Waals surface area contributed by atoms with Crippen LogP contribution in [0.3, 0.4) is 0 Å². The highest BCUT2D eigenvalue weighted by atomic mass is 16.4.